The first-order valence-corrected chi connectivity index (χ1v) is 9.81. The van der Waals surface area contributed by atoms with Crippen LogP contribution in [0.3, 0.4) is 0 Å². The Bertz CT molecular complexity index is 1020. The third-order valence-electron chi connectivity index (χ3n) is 3.96. The molecule has 26 heavy (non-hydrogen) atoms. The molecule has 0 unspecified atom stereocenters. The third-order valence-corrected chi connectivity index (χ3v) is 6.58. The van der Waals surface area contributed by atoms with Crippen LogP contribution in [0.4, 0.5) is 0 Å². The van der Waals surface area contributed by atoms with Crippen LogP contribution >= 0.6 is 23.5 Å². The Morgan fingerprint density at radius 3 is 2.35 bits per heavy atom. The summed E-state index contributed by atoms with van der Waals surface area (Å²) in [5, 5.41) is 0. The number of carbonyl (C=O) groups is 1. The number of fused-ring (bicyclic) bond motifs is 2. The monoisotopic (exact) mass is 376 g/mol. The fraction of sp³-hybridized carbons (Fsp3) is 0.0455. The maximum absolute atomic E-state index is 11.8. The van der Waals surface area contributed by atoms with Gasteiger partial charge in [-0.3, -0.25) is 0 Å². The van der Waals surface area contributed by atoms with Gasteiger partial charge >= 0.3 is 5.97 Å². The molecule has 0 saturated heterocycles. The van der Waals surface area contributed by atoms with E-state index < -0.39 is 5.97 Å². The molecule has 0 fully saturated rings. The highest BCUT2D eigenvalue weighted by Crippen LogP contribution is 2.51. The highest BCUT2D eigenvalue weighted by atomic mass is 32.2. The summed E-state index contributed by atoms with van der Waals surface area (Å²) in [6, 6.07) is 22.4. The van der Waals surface area contributed by atoms with Crippen molar-refractivity contribution in [3.8, 4) is 16.9 Å². The normalized spacial score (nSPS) is 12.0. The molecule has 0 bridgehead atoms. The largest absolute Gasteiger partial charge is 0.423 e. The second-order valence-corrected chi connectivity index (χ2v) is 8.12. The second-order valence-electron chi connectivity index (χ2n) is 5.98. The molecule has 0 aliphatic carbocycles. The van der Waals surface area contributed by atoms with Gasteiger partial charge in [0.2, 0.25) is 0 Å². The smallest absolute Gasteiger partial charge is 0.338 e. The van der Waals surface area contributed by atoms with E-state index >= 15 is 0 Å². The fourth-order valence-corrected chi connectivity index (χ4v) is 5.10. The van der Waals surface area contributed by atoms with E-state index in [2.05, 4.69) is 49.0 Å². The van der Waals surface area contributed by atoms with E-state index in [0.717, 1.165) is 11.1 Å². The lowest BCUT2D eigenvalue weighted by Gasteiger charge is -2.21. The number of rotatable bonds is 3. The quantitative estimate of drug-likeness (QED) is 0.233. The Hall–Kier alpha value is -2.43. The molecule has 3 aromatic carbocycles. The number of esters is 1. The molecule has 2 nitrogen and oxygen atoms in total. The Labute approximate surface area is 161 Å². The van der Waals surface area contributed by atoms with E-state index in [-0.39, 0.29) is 0 Å². The number of ether oxygens (including phenoxy) is 1. The molecule has 0 atom stereocenters. The van der Waals surface area contributed by atoms with E-state index in [9.17, 15) is 4.79 Å². The highest BCUT2D eigenvalue weighted by Gasteiger charge is 2.20. The topological polar surface area (TPSA) is 26.3 Å². The summed E-state index contributed by atoms with van der Waals surface area (Å²) in [6.07, 6.45) is 0. The third kappa shape index (κ3) is 3.30. The summed E-state index contributed by atoms with van der Waals surface area (Å²) in [6.45, 7) is 5.27. The summed E-state index contributed by atoms with van der Waals surface area (Å²) < 4.78 is 5.39. The van der Waals surface area contributed by atoms with Crippen molar-refractivity contribution in [2.75, 3.05) is 0 Å². The lowest BCUT2D eigenvalue weighted by atomic mass is 10.1. The van der Waals surface area contributed by atoms with Crippen LogP contribution in [0, 0.1) is 0 Å². The minimum atomic E-state index is -0.406. The predicted octanol–water partition coefficient (Wildman–Crippen LogP) is 6.45. The fourth-order valence-electron chi connectivity index (χ4n) is 2.70. The molecule has 4 rings (SSSR count). The number of hydrogen-bond donors (Lipinski definition) is 0. The van der Waals surface area contributed by atoms with Crippen LogP contribution in [0.1, 0.15) is 6.92 Å². The molecular weight excluding hydrogens is 360 g/mol. The molecule has 3 aromatic rings. The lowest BCUT2D eigenvalue weighted by Crippen LogP contribution is -2.08. The molecule has 0 radical (unpaired) electrons. The molecule has 0 aromatic heterocycles. The molecule has 0 saturated carbocycles. The van der Waals surface area contributed by atoms with Gasteiger partial charge in [0.15, 0.2) is 0 Å². The van der Waals surface area contributed by atoms with Gasteiger partial charge in [-0.05, 0) is 48.4 Å². The number of hydrogen-bond acceptors (Lipinski definition) is 4. The first-order chi connectivity index (χ1) is 12.6. The van der Waals surface area contributed by atoms with E-state index in [0.29, 0.717) is 11.3 Å². The molecule has 128 valence electrons. The van der Waals surface area contributed by atoms with Gasteiger partial charge in [-0.15, -0.1) is 0 Å². The van der Waals surface area contributed by atoms with Gasteiger partial charge in [0.1, 0.15) is 5.75 Å². The van der Waals surface area contributed by atoms with Crippen LogP contribution in [-0.2, 0) is 4.79 Å². The molecular formula is C22H16O2S2. The Morgan fingerprint density at radius 1 is 0.885 bits per heavy atom. The van der Waals surface area contributed by atoms with E-state index in [4.69, 9.17) is 4.74 Å². The average molecular weight is 377 g/mol. The zero-order chi connectivity index (χ0) is 18.1. The van der Waals surface area contributed by atoms with Crippen LogP contribution in [0.2, 0.25) is 0 Å². The average Bonchev–Trinajstić information content (AvgIpc) is 2.66. The van der Waals surface area contributed by atoms with Gasteiger partial charge in [0.05, 0.1) is 0 Å². The van der Waals surface area contributed by atoms with Crippen molar-refractivity contribution in [3.05, 3.63) is 78.9 Å². The van der Waals surface area contributed by atoms with E-state index in [1.807, 2.05) is 18.2 Å². The molecule has 1 aliphatic heterocycles. The van der Waals surface area contributed by atoms with Gasteiger partial charge in [-0.2, -0.15) is 0 Å². The van der Waals surface area contributed by atoms with Gasteiger partial charge in [0, 0.05) is 25.2 Å². The zero-order valence-corrected chi connectivity index (χ0v) is 15.8. The summed E-state index contributed by atoms with van der Waals surface area (Å²) in [4.78, 5) is 16.8. The van der Waals surface area contributed by atoms with Crippen LogP contribution in [0.25, 0.3) is 11.1 Å². The molecule has 0 spiro atoms. The van der Waals surface area contributed by atoms with Gasteiger partial charge in [-0.25, -0.2) is 4.79 Å². The second kappa shape index (κ2) is 7.06. The summed E-state index contributed by atoms with van der Waals surface area (Å²) in [7, 11) is 0. The minimum absolute atomic E-state index is 0.385. The zero-order valence-electron chi connectivity index (χ0n) is 14.2. The Morgan fingerprint density at radius 2 is 1.58 bits per heavy atom. The van der Waals surface area contributed by atoms with Gasteiger partial charge in [0.25, 0.3) is 0 Å². The van der Waals surface area contributed by atoms with Crippen molar-refractivity contribution in [1.82, 2.24) is 0 Å². The van der Waals surface area contributed by atoms with Gasteiger partial charge in [-0.1, -0.05) is 66.5 Å². The summed E-state index contributed by atoms with van der Waals surface area (Å²) >= 11 is 3.58. The summed E-state index contributed by atoms with van der Waals surface area (Å²) in [5.41, 5.74) is 2.56. The van der Waals surface area contributed by atoms with Crippen molar-refractivity contribution < 1.29 is 9.53 Å². The number of carbonyl (C=O) groups excluding carboxylic acids is 1. The van der Waals surface area contributed by atoms with Gasteiger partial charge < -0.3 is 4.74 Å². The van der Waals surface area contributed by atoms with Crippen molar-refractivity contribution >= 4 is 29.5 Å². The first kappa shape index (κ1) is 17.0. The maximum atomic E-state index is 11.8. The van der Waals surface area contributed by atoms with Crippen LogP contribution in [0.15, 0.2) is 98.5 Å². The van der Waals surface area contributed by atoms with Crippen LogP contribution < -0.4 is 4.74 Å². The molecule has 0 amide bonds. The van der Waals surface area contributed by atoms with Crippen LogP contribution in [-0.4, -0.2) is 5.97 Å². The van der Waals surface area contributed by atoms with E-state index in [1.165, 1.54) is 19.6 Å². The van der Waals surface area contributed by atoms with Crippen LogP contribution in [0.5, 0.6) is 5.75 Å². The highest BCUT2D eigenvalue weighted by molar-refractivity contribution is 8.05. The van der Waals surface area contributed by atoms with Crippen molar-refractivity contribution in [3.63, 3.8) is 0 Å². The SMILES string of the molecule is C=C(C)C(=O)Oc1cccc(-c2cccc3c2Sc2ccccc2S3)c1. The Balaban J connectivity index is 1.72. The van der Waals surface area contributed by atoms with E-state index in [1.54, 1.807) is 36.5 Å². The predicted molar refractivity (Wildman–Crippen MR) is 107 cm³/mol. The lowest BCUT2D eigenvalue weighted by molar-refractivity contribution is -0.130. The minimum Gasteiger partial charge on any atom is -0.423 e. The molecule has 4 heteroatoms. The Kier molecular flexibility index (Phi) is 4.62. The van der Waals surface area contributed by atoms with Crippen molar-refractivity contribution in [1.29, 1.82) is 0 Å². The maximum Gasteiger partial charge on any atom is 0.338 e. The standard InChI is InChI=1S/C22H16O2S2/c1-14(2)22(23)24-16-8-5-7-15(13-16)17-9-6-12-20-21(17)26-19-11-4-3-10-18(19)25-20/h3-13H,1H2,2H3. The summed E-state index contributed by atoms with van der Waals surface area (Å²) in [5.74, 6) is 0.123. The first-order valence-electron chi connectivity index (χ1n) is 8.18. The number of benzene rings is 3. The van der Waals surface area contributed by atoms with Crippen molar-refractivity contribution in [2.24, 2.45) is 0 Å². The molecule has 1 heterocycles. The molecule has 0 N–H and O–H groups in total. The van der Waals surface area contributed by atoms with Crippen molar-refractivity contribution in [2.45, 2.75) is 26.5 Å². The molecule has 1 aliphatic rings.